The third-order valence-electron chi connectivity index (χ3n) is 2.99. The summed E-state index contributed by atoms with van der Waals surface area (Å²) in [5, 5.41) is 3.20. The summed E-state index contributed by atoms with van der Waals surface area (Å²) in [5.41, 5.74) is 0. The molecule has 5 nitrogen and oxygen atoms in total. The van der Waals surface area contributed by atoms with E-state index in [4.69, 9.17) is 16.5 Å². The van der Waals surface area contributed by atoms with Crippen molar-refractivity contribution in [2.24, 2.45) is 0 Å². The van der Waals surface area contributed by atoms with Gasteiger partial charge in [-0.15, -0.1) is 0 Å². The lowest BCUT2D eigenvalue weighted by atomic mass is 11.0. The predicted octanol–water partition coefficient (Wildman–Crippen LogP) is 2.39. The molecule has 1 N–H and O–H groups in total. The van der Waals surface area contributed by atoms with Crippen LogP contribution in [-0.4, -0.2) is 47.5 Å². The largest absolute Gasteiger partial charge is 0.416 e. The molecule has 0 bridgehead atoms. The molecule has 0 saturated carbocycles. The predicted molar refractivity (Wildman–Crippen MR) is 86.9 cm³/mol. The maximum absolute atomic E-state index is 6.49. The first kappa shape index (κ1) is 17.7. The molecule has 1 aliphatic rings. The van der Waals surface area contributed by atoms with E-state index in [0.29, 0.717) is 0 Å². The van der Waals surface area contributed by atoms with E-state index >= 15 is 0 Å². The van der Waals surface area contributed by atoms with Crippen LogP contribution in [0.15, 0.2) is 0 Å². The van der Waals surface area contributed by atoms with Crippen LogP contribution in [0.1, 0.15) is 6.92 Å². The maximum Gasteiger partial charge on any atom is 0.331 e. The average molecular weight is 340 g/mol. The van der Waals surface area contributed by atoms with Crippen molar-refractivity contribution in [2.45, 2.75) is 52.2 Å². The van der Waals surface area contributed by atoms with Crippen molar-refractivity contribution in [3.05, 3.63) is 0 Å². The van der Waals surface area contributed by atoms with Crippen molar-refractivity contribution in [3.8, 4) is 0 Å². The molecule has 0 amide bonds. The Labute approximate surface area is 122 Å². The average Bonchev–Trinajstić information content (AvgIpc) is 2.10. The Bertz CT molecular complexity index is 331. The second kappa shape index (κ2) is 5.81. The quantitative estimate of drug-likeness (QED) is 0.800. The Balaban J connectivity index is 3.07. The highest BCUT2D eigenvalue weighted by atomic mass is 28.5. The summed E-state index contributed by atoms with van der Waals surface area (Å²) in [4.78, 5) is 0. The normalized spacial score (nSPS) is 38.5. The molecule has 1 fully saturated rings. The first-order valence-electron chi connectivity index (χ1n) is 6.90. The van der Waals surface area contributed by atoms with Crippen molar-refractivity contribution in [1.29, 1.82) is 0 Å². The van der Waals surface area contributed by atoms with Gasteiger partial charge in [0, 0.05) is 6.17 Å². The molecule has 2 unspecified atom stereocenters. The molecule has 1 saturated heterocycles. The Morgan fingerprint density at radius 1 is 0.737 bits per heavy atom. The number of hydrogen-bond donors (Lipinski definition) is 1. The topological polar surface area (TPSA) is 49.0 Å². The summed E-state index contributed by atoms with van der Waals surface area (Å²) in [6.07, 6.45) is 0.765. The third kappa shape index (κ3) is 5.17. The molecular formula is C10H29NO4Si4. The summed E-state index contributed by atoms with van der Waals surface area (Å²) >= 11 is 0. The lowest BCUT2D eigenvalue weighted by molar-refractivity contribution is 0.230. The van der Waals surface area contributed by atoms with Gasteiger partial charge in [0.25, 0.3) is 0 Å². The molecule has 0 aromatic heterocycles. The summed E-state index contributed by atoms with van der Waals surface area (Å²) in [6.45, 7) is 14.8. The van der Waals surface area contributed by atoms with Crippen LogP contribution < -0.4 is 5.32 Å². The van der Waals surface area contributed by atoms with E-state index in [9.17, 15) is 0 Å². The highest BCUT2D eigenvalue weighted by molar-refractivity contribution is 6.93. The fourth-order valence-corrected chi connectivity index (χ4v) is 24.0. The zero-order valence-electron chi connectivity index (χ0n) is 13.5. The van der Waals surface area contributed by atoms with Gasteiger partial charge < -0.3 is 21.8 Å². The molecule has 1 rings (SSSR count). The summed E-state index contributed by atoms with van der Waals surface area (Å²) < 4.78 is 25.6. The van der Waals surface area contributed by atoms with Crippen LogP contribution in [0.2, 0.25) is 45.3 Å². The Kier molecular flexibility index (Phi) is 5.42. The molecule has 0 aromatic carbocycles. The van der Waals surface area contributed by atoms with Gasteiger partial charge in [-0.05, 0) is 52.4 Å². The van der Waals surface area contributed by atoms with Crippen LogP contribution in [-0.2, 0) is 16.5 Å². The van der Waals surface area contributed by atoms with Gasteiger partial charge in [-0.2, -0.15) is 0 Å². The van der Waals surface area contributed by atoms with Crippen molar-refractivity contribution >= 4 is 34.2 Å². The second-order valence-electron chi connectivity index (χ2n) is 6.36. The van der Waals surface area contributed by atoms with Crippen LogP contribution in [0.5, 0.6) is 0 Å². The first-order chi connectivity index (χ1) is 8.45. The van der Waals surface area contributed by atoms with E-state index in [0.717, 1.165) is 12.2 Å². The molecular weight excluding hydrogens is 310 g/mol. The van der Waals surface area contributed by atoms with Crippen molar-refractivity contribution < 1.29 is 16.5 Å². The fourth-order valence-electron chi connectivity index (χ4n) is 2.71. The van der Waals surface area contributed by atoms with Gasteiger partial charge in [-0.3, -0.25) is 0 Å². The molecule has 1 aliphatic heterocycles. The van der Waals surface area contributed by atoms with Crippen molar-refractivity contribution in [2.75, 3.05) is 13.2 Å². The lowest BCUT2D eigenvalue weighted by Gasteiger charge is -2.48. The highest BCUT2D eigenvalue weighted by Gasteiger charge is 2.53. The SMILES string of the molecule is CC[Si]1(C)O[Si](C)(C)O[Si](C)(C)O[Si](C)(CNC)O1. The summed E-state index contributed by atoms with van der Waals surface area (Å²) in [6, 6.07) is 0.921. The van der Waals surface area contributed by atoms with Crippen molar-refractivity contribution in [1.82, 2.24) is 5.32 Å². The fraction of sp³-hybridized carbons (Fsp3) is 1.00. The Hall–Kier alpha value is 0.668. The van der Waals surface area contributed by atoms with E-state index in [2.05, 4.69) is 51.5 Å². The minimum Gasteiger partial charge on any atom is -0.416 e. The molecule has 19 heavy (non-hydrogen) atoms. The van der Waals surface area contributed by atoms with Crippen LogP contribution in [0.25, 0.3) is 0 Å². The van der Waals surface area contributed by atoms with E-state index in [1.165, 1.54) is 0 Å². The van der Waals surface area contributed by atoms with Gasteiger partial charge in [0.05, 0.1) is 0 Å². The van der Waals surface area contributed by atoms with Crippen molar-refractivity contribution in [3.63, 3.8) is 0 Å². The van der Waals surface area contributed by atoms with E-state index in [1.54, 1.807) is 0 Å². The third-order valence-corrected chi connectivity index (χ3v) is 20.0. The minimum atomic E-state index is -2.29. The van der Waals surface area contributed by atoms with Crippen LogP contribution in [0, 0.1) is 0 Å². The van der Waals surface area contributed by atoms with E-state index < -0.39 is 34.2 Å². The zero-order valence-corrected chi connectivity index (χ0v) is 17.5. The van der Waals surface area contributed by atoms with Gasteiger partial charge in [0.15, 0.2) is 0 Å². The van der Waals surface area contributed by atoms with Crippen LogP contribution in [0.4, 0.5) is 0 Å². The number of rotatable bonds is 3. The monoisotopic (exact) mass is 339 g/mol. The molecule has 0 aliphatic carbocycles. The van der Waals surface area contributed by atoms with Crippen LogP contribution >= 0.6 is 0 Å². The van der Waals surface area contributed by atoms with Gasteiger partial charge in [0.2, 0.25) is 0 Å². The molecule has 2 atom stereocenters. The molecule has 1 heterocycles. The molecule has 0 aromatic rings. The van der Waals surface area contributed by atoms with Gasteiger partial charge in [-0.25, -0.2) is 0 Å². The molecule has 0 radical (unpaired) electrons. The molecule has 9 heteroatoms. The minimum absolute atomic E-state index is 0.765. The second-order valence-corrected chi connectivity index (χ2v) is 20.8. The maximum atomic E-state index is 6.49. The standard InChI is InChI=1S/C10H29NO4Si4/c1-9-18(7)13-16(3,4)12-17(5,6)14-19(8,15-18)10-11-2/h11H,9-10H2,1-8H3. The van der Waals surface area contributed by atoms with Gasteiger partial charge >= 0.3 is 34.2 Å². The highest BCUT2D eigenvalue weighted by Crippen LogP contribution is 2.31. The lowest BCUT2D eigenvalue weighted by Crippen LogP contribution is -2.67. The van der Waals surface area contributed by atoms with E-state index in [1.807, 2.05) is 7.05 Å². The Morgan fingerprint density at radius 2 is 1.21 bits per heavy atom. The van der Waals surface area contributed by atoms with Crippen LogP contribution in [0.3, 0.4) is 0 Å². The molecule has 0 spiro atoms. The van der Waals surface area contributed by atoms with Gasteiger partial charge in [0.1, 0.15) is 0 Å². The smallest absolute Gasteiger partial charge is 0.331 e. The Morgan fingerprint density at radius 3 is 1.63 bits per heavy atom. The zero-order chi connectivity index (χ0) is 14.9. The first-order valence-corrected chi connectivity index (χ1v) is 17.6. The summed E-state index contributed by atoms with van der Waals surface area (Å²) in [7, 11) is -6.94. The summed E-state index contributed by atoms with van der Waals surface area (Å²) in [5.74, 6) is 0. The number of hydrogen-bond acceptors (Lipinski definition) is 5. The van der Waals surface area contributed by atoms with E-state index in [-0.39, 0.29) is 0 Å². The molecule has 114 valence electrons. The number of nitrogens with one attached hydrogen (secondary N) is 1. The van der Waals surface area contributed by atoms with Gasteiger partial charge in [-0.1, -0.05) is 6.92 Å².